The summed E-state index contributed by atoms with van der Waals surface area (Å²) < 4.78 is 18.0. The minimum Gasteiger partial charge on any atom is -0.379 e. The second kappa shape index (κ2) is 5.17. The van der Waals surface area contributed by atoms with Gasteiger partial charge in [-0.05, 0) is 24.6 Å². The van der Waals surface area contributed by atoms with Crippen LogP contribution in [0, 0.1) is 5.82 Å². The van der Waals surface area contributed by atoms with Crippen molar-refractivity contribution < 1.29 is 9.13 Å². The van der Waals surface area contributed by atoms with Crippen molar-refractivity contribution in [3.05, 3.63) is 35.6 Å². The summed E-state index contributed by atoms with van der Waals surface area (Å²) in [4.78, 5) is 0. The molecule has 0 bridgehead atoms. The largest absolute Gasteiger partial charge is 0.379 e. The SMILES string of the molecule is CC(N)C(SC1COC1)c1ccc(F)cc1. The molecule has 16 heavy (non-hydrogen) atoms. The number of halogens is 1. The second-order valence-electron chi connectivity index (χ2n) is 4.13. The Labute approximate surface area is 99.4 Å². The topological polar surface area (TPSA) is 35.2 Å². The van der Waals surface area contributed by atoms with Gasteiger partial charge in [0.25, 0.3) is 0 Å². The Bertz CT molecular complexity index is 337. The van der Waals surface area contributed by atoms with Gasteiger partial charge in [-0.15, -0.1) is 11.8 Å². The lowest BCUT2D eigenvalue weighted by atomic mass is 10.1. The van der Waals surface area contributed by atoms with Gasteiger partial charge >= 0.3 is 0 Å². The number of benzene rings is 1. The lowest BCUT2D eigenvalue weighted by molar-refractivity contribution is 0.0452. The molecule has 2 nitrogen and oxygen atoms in total. The second-order valence-corrected chi connectivity index (χ2v) is 5.57. The zero-order valence-electron chi connectivity index (χ0n) is 9.23. The highest BCUT2D eigenvalue weighted by Gasteiger charge is 2.26. The highest BCUT2D eigenvalue weighted by atomic mass is 32.2. The molecule has 1 aliphatic rings. The van der Waals surface area contributed by atoms with E-state index in [2.05, 4.69) is 0 Å². The van der Waals surface area contributed by atoms with E-state index in [0.29, 0.717) is 5.25 Å². The van der Waals surface area contributed by atoms with Gasteiger partial charge in [-0.3, -0.25) is 0 Å². The Morgan fingerprint density at radius 3 is 2.44 bits per heavy atom. The molecule has 1 fully saturated rings. The van der Waals surface area contributed by atoms with E-state index in [1.165, 1.54) is 12.1 Å². The highest BCUT2D eigenvalue weighted by molar-refractivity contribution is 8.00. The molecule has 1 aromatic rings. The smallest absolute Gasteiger partial charge is 0.123 e. The fraction of sp³-hybridized carbons (Fsp3) is 0.500. The highest BCUT2D eigenvalue weighted by Crippen LogP contribution is 2.36. The van der Waals surface area contributed by atoms with Crippen LogP contribution in [0.25, 0.3) is 0 Å². The van der Waals surface area contributed by atoms with E-state index in [4.69, 9.17) is 10.5 Å². The third kappa shape index (κ3) is 2.75. The van der Waals surface area contributed by atoms with Gasteiger partial charge in [-0.2, -0.15) is 0 Å². The summed E-state index contributed by atoms with van der Waals surface area (Å²) in [6, 6.07) is 6.66. The molecule has 2 rings (SSSR count). The first-order valence-electron chi connectivity index (χ1n) is 5.41. The summed E-state index contributed by atoms with van der Waals surface area (Å²) in [6.45, 7) is 3.59. The Morgan fingerprint density at radius 2 is 2.00 bits per heavy atom. The van der Waals surface area contributed by atoms with Crippen LogP contribution in [0.3, 0.4) is 0 Å². The summed E-state index contributed by atoms with van der Waals surface area (Å²) in [6.07, 6.45) is 0. The average Bonchev–Trinajstić information content (AvgIpc) is 2.18. The van der Waals surface area contributed by atoms with Crippen LogP contribution in [0.2, 0.25) is 0 Å². The van der Waals surface area contributed by atoms with Crippen molar-refractivity contribution >= 4 is 11.8 Å². The van der Waals surface area contributed by atoms with Crippen molar-refractivity contribution in [1.82, 2.24) is 0 Å². The molecule has 4 heteroatoms. The van der Waals surface area contributed by atoms with E-state index in [1.807, 2.05) is 30.8 Å². The molecule has 2 atom stereocenters. The Hall–Kier alpha value is -0.580. The van der Waals surface area contributed by atoms with Gasteiger partial charge in [0.1, 0.15) is 5.82 Å². The molecule has 1 heterocycles. The molecule has 88 valence electrons. The van der Waals surface area contributed by atoms with Crippen LogP contribution in [0.15, 0.2) is 24.3 Å². The molecule has 0 saturated carbocycles. The summed E-state index contributed by atoms with van der Waals surface area (Å²) >= 11 is 1.83. The monoisotopic (exact) mass is 241 g/mol. The van der Waals surface area contributed by atoms with Gasteiger partial charge in [-0.25, -0.2) is 4.39 Å². The van der Waals surface area contributed by atoms with Crippen LogP contribution in [-0.2, 0) is 4.74 Å². The third-order valence-corrected chi connectivity index (χ3v) is 4.27. The molecule has 1 aromatic carbocycles. The first-order chi connectivity index (χ1) is 7.66. The van der Waals surface area contributed by atoms with Gasteiger partial charge in [0.2, 0.25) is 0 Å². The fourth-order valence-electron chi connectivity index (χ4n) is 1.66. The van der Waals surface area contributed by atoms with Gasteiger partial charge in [-0.1, -0.05) is 12.1 Å². The number of ether oxygens (including phenoxy) is 1. The van der Waals surface area contributed by atoms with Crippen molar-refractivity contribution in [2.75, 3.05) is 13.2 Å². The van der Waals surface area contributed by atoms with Crippen LogP contribution in [0.5, 0.6) is 0 Å². The number of nitrogens with two attached hydrogens (primary N) is 1. The number of thioether (sulfide) groups is 1. The average molecular weight is 241 g/mol. The van der Waals surface area contributed by atoms with Crippen molar-refractivity contribution in [3.63, 3.8) is 0 Å². The normalized spacial score (nSPS) is 20.2. The molecule has 0 amide bonds. The van der Waals surface area contributed by atoms with Gasteiger partial charge < -0.3 is 10.5 Å². The molecule has 1 saturated heterocycles. The van der Waals surface area contributed by atoms with E-state index in [0.717, 1.165) is 18.8 Å². The van der Waals surface area contributed by atoms with Gasteiger partial charge in [0, 0.05) is 11.3 Å². The Morgan fingerprint density at radius 1 is 1.38 bits per heavy atom. The predicted octanol–water partition coefficient (Wildman–Crippen LogP) is 2.35. The van der Waals surface area contributed by atoms with Crippen LogP contribution in [0.1, 0.15) is 17.7 Å². The van der Waals surface area contributed by atoms with Crippen LogP contribution in [-0.4, -0.2) is 24.5 Å². The van der Waals surface area contributed by atoms with Gasteiger partial charge in [0.15, 0.2) is 0 Å². The molecular weight excluding hydrogens is 225 g/mol. The lowest BCUT2D eigenvalue weighted by Crippen LogP contribution is -2.34. The van der Waals surface area contributed by atoms with E-state index in [9.17, 15) is 4.39 Å². The number of rotatable bonds is 4. The molecule has 0 spiro atoms. The summed E-state index contributed by atoms with van der Waals surface area (Å²) in [5, 5.41) is 0.746. The van der Waals surface area contributed by atoms with Crippen molar-refractivity contribution in [1.29, 1.82) is 0 Å². The third-order valence-electron chi connectivity index (χ3n) is 2.62. The predicted molar refractivity (Wildman–Crippen MR) is 65.0 cm³/mol. The quantitative estimate of drug-likeness (QED) is 0.879. The van der Waals surface area contributed by atoms with Crippen LogP contribution >= 0.6 is 11.8 Å². The van der Waals surface area contributed by atoms with Crippen LogP contribution < -0.4 is 5.73 Å². The Balaban J connectivity index is 2.08. The molecule has 1 aliphatic heterocycles. The van der Waals surface area contributed by atoms with E-state index >= 15 is 0 Å². The zero-order chi connectivity index (χ0) is 11.5. The summed E-state index contributed by atoms with van der Waals surface area (Å²) in [5.74, 6) is -0.204. The molecule has 0 aliphatic carbocycles. The molecule has 2 N–H and O–H groups in total. The number of hydrogen-bond donors (Lipinski definition) is 1. The standard InChI is InChI=1S/C12H16FNOS/c1-8(14)12(16-11-6-15-7-11)9-2-4-10(13)5-3-9/h2-5,8,11-12H,6-7,14H2,1H3. The summed E-state index contributed by atoms with van der Waals surface area (Å²) in [5.41, 5.74) is 7.07. The van der Waals surface area contributed by atoms with Crippen molar-refractivity contribution in [2.24, 2.45) is 5.73 Å². The zero-order valence-corrected chi connectivity index (χ0v) is 10.0. The fourth-order valence-corrected chi connectivity index (χ4v) is 2.98. The maximum atomic E-state index is 12.8. The molecule has 0 radical (unpaired) electrons. The van der Waals surface area contributed by atoms with Crippen molar-refractivity contribution in [2.45, 2.75) is 23.5 Å². The van der Waals surface area contributed by atoms with Crippen LogP contribution in [0.4, 0.5) is 4.39 Å². The molecule has 2 unspecified atom stereocenters. The molecule has 0 aromatic heterocycles. The van der Waals surface area contributed by atoms with E-state index in [-0.39, 0.29) is 17.1 Å². The minimum absolute atomic E-state index is 0.0519. The maximum Gasteiger partial charge on any atom is 0.123 e. The molecular formula is C12H16FNOS. The van der Waals surface area contributed by atoms with Gasteiger partial charge in [0.05, 0.1) is 18.5 Å². The maximum absolute atomic E-state index is 12.8. The van der Waals surface area contributed by atoms with E-state index in [1.54, 1.807) is 0 Å². The van der Waals surface area contributed by atoms with Crippen molar-refractivity contribution in [3.8, 4) is 0 Å². The first-order valence-corrected chi connectivity index (χ1v) is 6.35. The first kappa shape index (κ1) is 11.9. The van der Waals surface area contributed by atoms with E-state index < -0.39 is 0 Å². The minimum atomic E-state index is -0.204. The lowest BCUT2D eigenvalue weighted by Gasteiger charge is -2.31. The number of hydrogen-bond acceptors (Lipinski definition) is 3. The Kier molecular flexibility index (Phi) is 3.84. The summed E-state index contributed by atoms with van der Waals surface area (Å²) in [7, 11) is 0.